The van der Waals surface area contributed by atoms with E-state index in [0.29, 0.717) is 19.3 Å². The normalized spacial score (nSPS) is 32.0. The number of unbranched alkanes of at least 4 members (excludes halogenated alkanes) is 30. The highest BCUT2D eigenvalue weighted by atomic mass is 31.2. The molecule has 0 aromatic heterocycles. The number of aliphatic hydroxyl groups excluding tert-OH is 15. The molecule has 3 fully saturated rings. The molecule has 1 aliphatic heterocycles. The van der Waals surface area contributed by atoms with E-state index < -0.39 is 163 Å². The lowest BCUT2D eigenvalue weighted by Crippen LogP contribution is -2.67. The molecule has 0 radical (unpaired) electrons. The summed E-state index contributed by atoms with van der Waals surface area (Å²) in [5, 5.41) is 162. The molecule has 27 nitrogen and oxygen atoms in total. The first-order valence-corrected chi connectivity index (χ1v) is 36.3. The van der Waals surface area contributed by atoms with Gasteiger partial charge in [-0.3, -0.25) is 13.9 Å². The second-order valence-electron chi connectivity index (χ2n) is 25.0. The number of hydrogen-bond donors (Lipinski definition) is 16. The van der Waals surface area contributed by atoms with Gasteiger partial charge < -0.3 is 119 Å². The largest absolute Gasteiger partial charge is 0.756 e. The van der Waals surface area contributed by atoms with E-state index in [-0.39, 0.29) is 12.8 Å². The van der Waals surface area contributed by atoms with Crippen LogP contribution >= 0.6 is 15.6 Å². The van der Waals surface area contributed by atoms with Crippen molar-refractivity contribution >= 4 is 21.6 Å². The summed E-state index contributed by atoms with van der Waals surface area (Å²) in [6.45, 7) is 1.91. The van der Waals surface area contributed by atoms with Crippen molar-refractivity contribution in [1.29, 1.82) is 0 Å². The molecule has 6 unspecified atom stereocenters. The lowest BCUT2D eigenvalue weighted by Gasteiger charge is -2.48. The van der Waals surface area contributed by atoms with Gasteiger partial charge >= 0.3 is 0 Å². The van der Waals surface area contributed by atoms with Crippen LogP contribution in [0.25, 0.3) is 0 Å². The number of phosphoric ester groups is 2. The quantitative estimate of drug-likeness (QED) is 0.0306. The Morgan fingerprint density at radius 2 is 0.753 bits per heavy atom. The molecule has 528 valence electrons. The smallest absolute Gasteiger partial charge is 0.268 e. The van der Waals surface area contributed by atoms with Gasteiger partial charge in [0, 0.05) is 0 Å². The Morgan fingerprint density at radius 3 is 1.17 bits per heavy atom. The molecule has 29 heteroatoms. The Kier molecular flexibility index (Phi) is 41.3. The lowest BCUT2D eigenvalue weighted by molar-refractivity contribution is -0.342. The van der Waals surface area contributed by atoms with Crippen LogP contribution < -0.4 is 15.1 Å². The summed E-state index contributed by atoms with van der Waals surface area (Å²) in [4.78, 5) is 40.0. The Bertz CT molecular complexity index is 1930. The summed E-state index contributed by atoms with van der Waals surface area (Å²) < 4.78 is 56.9. The first-order chi connectivity index (χ1) is 42.3. The molecule has 16 N–H and O–H groups in total. The van der Waals surface area contributed by atoms with Gasteiger partial charge in [0.2, 0.25) is 5.91 Å². The minimum Gasteiger partial charge on any atom is -0.756 e. The average molecular weight is 1330 g/mol. The first-order valence-electron chi connectivity index (χ1n) is 33.4. The van der Waals surface area contributed by atoms with Gasteiger partial charge in [-0.05, 0) is 12.8 Å². The number of ether oxygens (including phenoxy) is 2. The highest BCUT2D eigenvalue weighted by molar-refractivity contribution is 7.46. The van der Waals surface area contributed by atoms with E-state index in [2.05, 4.69) is 28.2 Å². The van der Waals surface area contributed by atoms with Crippen molar-refractivity contribution in [3.63, 3.8) is 0 Å². The van der Waals surface area contributed by atoms with Crippen LogP contribution in [0.5, 0.6) is 0 Å². The average Bonchev–Trinajstić information content (AvgIpc) is 3.39. The van der Waals surface area contributed by atoms with Crippen molar-refractivity contribution in [1.82, 2.24) is 5.32 Å². The van der Waals surface area contributed by atoms with Crippen molar-refractivity contribution in [2.75, 3.05) is 13.2 Å². The fraction of sp³-hybridized carbons (Fsp3) is 0.983. The summed E-state index contributed by atoms with van der Waals surface area (Å²) >= 11 is 0. The number of nitrogens with one attached hydrogen (secondary N) is 1. The number of hydrogen-bond acceptors (Lipinski definition) is 26. The predicted molar refractivity (Wildman–Crippen MR) is 321 cm³/mol. The fourth-order valence-corrected chi connectivity index (χ4v) is 13.5. The van der Waals surface area contributed by atoms with Gasteiger partial charge in [-0.25, -0.2) is 0 Å². The molecule has 2 saturated carbocycles. The molecule has 1 heterocycles. The van der Waals surface area contributed by atoms with Crippen LogP contribution in [0.3, 0.4) is 0 Å². The Balaban J connectivity index is 1.61. The number of phosphoric acid groups is 2. The zero-order valence-electron chi connectivity index (χ0n) is 52.7. The Hall–Kier alpha value is -0.990. The molecule has 0 aromatic rings. The lowest BCUT2D eigenvalue weighted by atomic mass is 9.84. The van der Waals surface area contributed by atoms with Crippen LogP contribution in [0, 0.1) is 0 Å². The van der Waals surface area contributed by atoms with Crippen molar-refractivity contribution in [3.05, 3.63) is 0 Å². The van der Waals surface area contributed by atoms with Crippen LogP contribution in [0.4, 0.5) is 0 Å². The summed E-state index contributed by atoms with van der Waals surface area (Å²) in [6, 6.07) is -1.73. The maximum absolute atomic E-state index is 13.7. The standard InChI is InChI=1S/C60H117NO26P2/c1-3-5-7-9-11-13-15-17-18-19-20-21-22-23-24-26-28-30-32-34-36-41(63)59(77)61-39(43(64)40(62)35-33-31-29-27-25-16-14-12-10-8-6-4-2)37-82-88(78,79)87-58-54(75)50(71)49(70)53(74)57(58)85-60-55(76)45(66)44(65)42(84-60)38-83-89(80,81)86-56-51(72)47(68)46(67)48(69)52(56)73/h39-58,60,62-76H,3-38H2,1-2H3,(H,61,77)(H,78,79)(H,80,81)/p-2/t39-,40?,41?,42+,43-,44+,45-,46?,47-,48+,49+,50+,51+,52+,53-,54+,55-,56?,57+,58+,60-/m0/s1. The summed E-state index contributed by atoms with van der Waals surface area (Å²) in [5.74, 6) is -1.01. The van der Waals surface area contributed by atoms with Gasteiger partial charge in [0.1, 0.15) is 110 Å². The zero-order valence-corrected chi connectivity index (χ0v) is 54.5. The third kappa shape index (κ3) is 29.9. The van der Waals surface area contributed by atoms with Crippen LogP contribution in [-0.2, 0) is 41.5 Å². The highest BCUT2D eigenvalue weighted by Gasteiger charge is 2.55. The van der Waals surface area contributed by atoms with E-state index in [1.54, 1.807) is 0 Å². The van der Waals surface area contributed by atoms with E-state index in [9.17, 15) is 100 Å². The van der Waals surface area contributed by atoms with Gasteiger partial charge in [-0.1, -0.05) is 219 Å². The van der Waals surface area contributed by atoms with E-state index in [4.69, 9.17) is 18.5 Å². The van der Waals surface area contributed by atoms with Gasteiger partial charge in [0.15, 0.2) is 6.29 Å². The third-order valence-electron chi connectivity index (χ3n) is 17.5. The highest BCUT2D eigenvalue weighted by Crippen LogP contribution is 2.46. The van der Waals surface area contributed by atoms with E-state index >= 15 is 0 Å². The van der Waals surface area contributed by atoms with E-state index in [1.165, 1.54) is 122 Å². The molecular weight excluding hydrogens is 1210 g/mol. The molecule has 0 aromatic carbocycles. The van der Waals surface area contributed by atoms with Crippen LogP contribution in [0.1, 0.15) is 232 Å². The molecule has 0 bridgehead atoms. The zero-order chi connectivity index (χ0) is 66.1. The molecule has 3 aliphatic rings. The van der Waals surface area contributed by atoms with E-state index in [1.807, 2.05) is 0 Å². The Labute approximate surface area is 526 Å². The maximum Gasteiger partial charge on any atom is 0.268 e. The Morgan fingerprint density at radius 1 is 0.427 bits per heavy atom. The monoisotopic (exact) mass is 1330 g/mol. The topological polar surface area (TPSA) is 468 Å². The van der Waals surface area contributed by atoms with Crippen molar-refractivity contribution in [2.24, 2.45) is 0 Å². The molecule has 3 rings (SSSR count). The van der Waals surface area contributed by atoms with Crippen molar-refractivity contribution < 1.29 is 128 Å². The molecule has 1 amide bonds. The number of amides is 1. The van der Waals surface area contributed by atoms with Gasteiger partial charge in [0.05, 0.1) is 25.4 Å². The van der Waals surface area contributed by atoms with Crippen LogP contribution in [-0.4, -0.2) is 224 Å². The van der Waals surface area contributed by atoms with Gasteiger partial charge in [0.25, 0.3) is 15.6 Å². The minimum atomic E-state index is -5.94. The second kappa shape index (κ2) is 44.7. The molecular formula is C60H115NO26P2-2. The molecule has 0 spiro atoms. The number of carbonyl (C=O) groups is 1. The number of aliphatic hydroxyl groups is 15. The minimum absolute atomic E-state index is 0.0218. The SMILES string of the molecule is CCCCCCCCCCCCCCCCCCCCCCC(O)C(=O)N[C@@H](COP(=O)([O-])O[C@@H]1[C@H](O)[C@H](O)[C@@H](O)[C@H](O)[C@H]1O[C@@H]1O[C@H](COP(=O)([O-])OC2[C@H](O)[C@H](O)C(O)[C@H](O)[C@H]2O)[C@@H](O)[C@H](O)[C@@H]1O)[C@H](O)C(O)CCCCCCCCCCCCCC. The predicted octanol–water partition coefficient (Wildman–Crippen LogP) is 2.07. The number of rotatable bonds is 50. The van der Waals surface area contributed by atoms with E-state index in [0.717, 1.165) is 64.2 Å². The fourth-order valence-electron chi connectivity index (χ4n) is 11.7. The van der Waals surface area contributed by atoms with Gasteiger partial charge in [-0.2, -0.15) is 0 Å². The molecule has 1 saturated heterocycles. The number of carbonyl (C=O) groups excluding carboxylic acids is 1. The van der Waals surface area contributed by atoms with Crippen molar-refractivity contribution in [2.45, 2.75) is 360 Å². The van der Waals surface area contributed by atoms with Crippen LogP contribution in [0.15, 0.2) is 0 Å². The molecule has 89 heavy (non-hydrogen) atoms. The summed E-state index contributed by atoms with van der Waals surface area (Å²) in [6.07, 6.45) is -8.49. The van der Waals surface area contributed by atoms with Crippen molar-refractivity contribution in [3.8, 4) is 0 Å². The molecule has 23 atom stereocenters. The third-order valence-corrected chi connectivity index (χ3v) is 19.4. The second-order valence-corrected chi connectivity index (χ2v) is 27.8. The first kappa shape index (κ1) is 82.2. The van der Waals surface area contributed by atoms with Crippen LogP contribution in [0.2, 0.25) is 0 Å². The van der Waals surface area contributed by atoms with Gasteiger partial charge in [-0.15, -0.1) is 0 Å². The summed E-state index contributed by atoms with van der Waals surface area (Å²) in [7, 11) is -11.7. The summed E-state index contributed by atoms with van der Waals surface area (Å²) in [5.41, 5.74) is 0. The maximum atomic E-state index is 13.7. The molecule has 2 aliphatic carbocycles.